The maximum absolute atomic E-state index is 9.27. The van der Waals surface area contributed by atoms with Crippen molar-refractivity contribution in [3.63, 3.8) is 0 Å². The highest BCUT2D eigenvalue weighted by Crippen LogP contribution is 2.32. The van der Waals surface area contributed by atoms with Gasteiger partial charge in [-0.3, -0.25) is 4.98 Å². The first-order chi connectivity index (χ1) is 9.31. The van der Waals surface area contributed by atoms with Crippen LogP contribution in [-0.4, -0.2) is 21.4 Å². The van der Waals surface area contributed by atoms with Gasteiger partial charge in [0.2, 0.25) is 0 Å². The summed E-state index contributed by atoms with van der Waals surface area (Å²) < 4.78 is 7.13. The Morgan fingerprint density at radius 3 is 3.05 bits per heavy atom. The zero-order valence-corrected chi connectivity index (χ0v) is 10.3. The van der Waals surface area contributed by atoms with Gasteiger partial charge in [0.25, 0.3) is 0 Å². The van der Waals surface area contributed by atoms with Crippen molar-refractivity contribution in [2.45, 2.75) is 18.9 Å². The van der Waals surface area contributed by atoms with E-state index in [4.69, 9.17) is 10.5 Å². The van der Waals surface area contributed by atoms with Crippen molar-refractivity contribution < 1.29 is 4.74 Å². The fourth-order valence-corrected chi connectivity index (χ4v) is 2.26. The molecule has 2 N–H and O–H groups in total. The Labute approximate surface area is 110 Å². The minimum Gasteiger partial charge on any atom is -0.382 e. The van der Waals surface area contributed by atoms with Crippen molar-refractivity contribution in [1.29, 1.82) is 5.26 Å². The van der Waals surface area contributed by atoms with Crippen LogP contribution in [0, 0.1) is 11.3 Å². The number of nitrogen functional groups attached to an aromatic ring is 1. The number of anilines is 1. The maximum Gasteiger partial charge on any atom is 0.145 e. The standard InChI is InChI=1S/C13H13N5O/c14-7-10-12(11-4-2-6-19-11)17-18(13(10)15)9-3-1-5-16-8-9/h1,3,5,8,11H,2,4,6,15H2/t11-/m1/s1. The average molecular weight is 255 g/mol. The minimum absolute atomic E-state index is 0.130. The number of nitrogens with zero attached hydrogens (tertiary/aromatic N) is 4. The molecule has 6 heteroatoms. The number of nitriles is 1. The molecule has 6 nitrogen and oxygen atoms in total. The lowest BCUT2D eigenvalue weighted by Gasteiger charge is -2.05. The van der Waals surface area contributed by atoms with Crippen molar-refractivity contribution in [2.75, 3.05) is 12.3 Å². The summed E-state index contributed by atoms with van der Waals surface area (Å²) in [5.41, 5.74) is 7.77. The molecular weight excluding hydrogens is 242 g/mol. The molecule has 0 aliphatic carbocycles. The third-order valence-electron chi connectivity index (χ3n) is 3.19. The Kier molecular flexibility index (Phi) is 2.89. The quantitative estimate of drug-likeness (QED) is 0.879. The third kappa shape index (κ3) is 1.94. The molecule has 3 heterocycles. The van der Waals surface area contributed by atoms with Crippen LogP contribution in [-0.2, 0) is 4.74 Å². The number of aromatic nitrogens is 3. The van der Waals surface area contributed by atoms with Crippen LogP contribution in [0.5, 0.6) is 0 Å². The average Bonchev–Trinajstić information content (AvgIpc) is 3.07. The molecule has 19 heavy (non-hydrogen) atoms. The van der Waals surface area contributed by atoms with Crippen LogP contribution < -0.4 is 5.73 Å². The second-order valence-electron chi connectivity index (χ2n) is 4.38. The Hall–Kier alpha value is -2.39. The van der Waals surface area contributed by atoms with Crippen LogP contribution in [0.4, 0.5) is 5.82 Å². The summed E-state index contributed by atoms with van der Waals surface area (Å²) in [4.78, 5) is 4.03. The van der Waals surface area contributed by atoms with E-state index in [1.807, 2.05) is 6.07 Å². The maximum atomic E-state index is 9.27. The zero-order valence-electron chi connectivity index (χ0n) is 10.3. The first kappa shape index (κ1) is 11.7. The van der Waals surface area contributed by atoms with Crippen molar-refractivity contribution in [3.8, 4) is 11.8 Å². The van der Waals surface area contributed by atoms with Gasteiger partial charge in [0, 0.05) is 12.8 Å². The molecule has 0 amide bonds. The number of hydrogen-bond acceptors (Lipinski definition) is 5. The van der Waals surface area contributed by atoms with Gasteiger partial charge in [-0.2, -0.15) is 10.4 Å². The number of hydrogen-bond donors (Lipinski definition) is 1. The van der Waals surface area contributed by atoms with Crippen LogP contribution in [0.25, 0.3) is 5.69 Å². The molecule has 96 valence electrons. The van der Waals surface area contributed by atoms with Gasteiger partial charge in [-0.1, -0.05) is 0 Å². The van der Waals surface area contributed by atoms with Crippen LogP contribution in [0.2, 0.25) is 0 Å². The van der Waals surface area contributed by atoms with Gasteiger partial charge >= 0.3 is 0 Å². The van der Waals surface area contributed by atoms with Gasteiger partial charge in [0.15, 0.2) is 0 Å². The van der Waals surface area contributed by atoms with Crippen molar-refractivity contribution in [3.05, 3.63) is 35.8 Å². The van der Waals surface area contributed by atoms with Crippen molar-refractivity contribution in [2.24, 2.45) is 0 Å². The molecule has 2 aromatic heterocycles. The second-order valence-corrected chi connectivity index (χ2v) is 4.38. The Bertz CT molecular complexity index is 622. The molecule has 2 aromatic rings. The fourth-order valence-electron chi connectivity index (χ4n) is 2.26. The molecule has 0 unspecified atom stereocenters. The summed E-state index contributed by atoms with van der Waals surface area (Å²) in [6.45, 7) is 0.704. The van der Waals surface area contributed by atoms with Gasteiger partial charge in [0.05, 0.1) is 11.9 Å². The number of rotatable bonds is 2. The van der Waals surface area contributed by atoms with E-state index in [2.05, 4.69) is 16.2 Å². The highest BCUT2D eigenvalue weighted by atomic mass is 16.5. The van der Waals surface area contributed by atoms with E-state index in [-0.39, 0.29) is 6.10 Å². The molecule has 1 fully saturated rings. The van der Waals surface area contributed by atoms with E-state index in [0.29, 0.717) is 23.7 Å². The molecule has 1 aliphatic heterocycles. The van der Waals surface area contributed by atoms with E-state index < -0.39 is 0 Å². The summed E-state index contributed by atoms with van der Waals surface area (Å²) in [7, 11) is 0. The predicted octanol–water partition coefficient (Wildman–Crippen LogP) is 1.57. The van der Waals surface area contributed by atoms with Gasteiger partial charge in [-0.15, -0.1) is 0 Å². The highest BCUT2D eigenvalue weighted by molar-refractivity contribution is 5.56. The normalized spacial score (nSPS) is 18.4. The van der Waals surface area contributed by atoms with Gasteiger partial charge < -0.3 is 10.5 Å². The molecule has 1 saturated heterocycles. The Morgan fingerprint density at radius 1 is 1.53 bits per heavy atom. The third-order valence-corrected chi connectivity index (χ3v) is 3.19. The first-order valence-corrected chi connectivity index (χ1v) is 6.11. The molecule has 0 bridgehead atoms. The molecule has 0 saturated carbocycles. The monoisotopic (exact) mass is 255 g/mol. The van der Waals surface area contributed by atoms with E-state index in [1.54, 1.807) is 23.1 Å². The molecule has 0 spiro atoms. The SMILES string of the molecule is N#Cc1c([C@H]2CCCO2)nn(-c2cccnc2)c1N. The summed E-state index contributed by atoms with van der Waals surface area (Å²) >= 11 is 0. The van der Waals surface area contributed by atoms with Crippen molar-refractivity contribution >= 4 is 5.82 Å². The molecule has 1 aliphatic rings. The lowest BCUT2D eigenvalue weighted by molar-refractivity contribution is 0.108. The Morgan fingerprint density at radius 2 is 2.42 bits per heavy atom. The predicted molar refractivity (Wildman–Crippen MR) is 68.4 cm³/mol. The van der Waals surface area contributed by atoms with Gasteiger partial charge in [-0.25, -0.2) is 4.68 Å². The minimum atomic E-state index is -0.130. The first-order valence-electron chi connectivity index (χ1n) is 6.11. The summed E-state index contributed by atoms with van der Waals surface area (Å²) in [5, 5.41) is 13.7. The lowest BCUT2D eigenvalue weighted by Crippen LogP contribution is -2.03. The molecule has 1 atom stereocenters. The number of nitrogens with two attached hydrogens (primary N) is 1. The van der Waals surface area contributed by atoms with Gasteiger partial charge in [0.1, 0.15) is 29.2 Å². The molecule has 0 aromatic carbocycles. The summed E-state index contributed by atoms with van der Waals surface area (Å²) in [6, 6.07) is 5.77. The molecule has 0 radical (unpaired) electrons. The number of pyridine rings is 1. The van der Waals surface area contributed by atoms with E-state index in [9.17, 15) is 5.26 Å². The molecule has 3 rings (SSSR count). The largest absolute Gasteiger partial charge is 0.382 e. The smallest absolute Gasteiger partial charge is 0.145 e. The van der Waals surface area contributed by atoms with Crippen LogP contribution in [0.3, 0.4) is 0 Å². The Balaban J connectivity index is 2.10. The van der Waals surface area contributed by atoms with E-state index >= 15 is 0 Å². The van der Waals surface area contributed by atoms with Crippen molar-refractivity contribution in [1.82, 2.24) is 14.8 Å². The van der Waals surface area contributed by atoms with Crippen LogP contribution >= 0.6 is 0 Å². The topological polar surface area (TPSA) is 89.8 Å². The zero-order chi connectivity index (χ0) is 13.2. The fraction of sp³-hybridized carbons (Fsp3) is 0.308. The molecular formula is C13H13N5O. The second kappa shape index (κ2) is 4.71. The van der Waals surface area contributed by atoms with E-state index in [0.717, 1.165) is 18.5 Å². The van der Waals surface area contributed by atoms with E-state index in [1.165, 1.54) is 0 Å². The van der Waals surface area contributed by atoms with Crippen LogP contribution in [0.1, 0.15) is 30.2 Å². The van der Waals surface area contributed by atoms with Crippen LogP contribution in [0.15, 0.2) is 24.5 Å². The summed E-state index contributed by atoms with van der Waals surface area (Å²) in [6.07, 6.45) is 5.06. The number of ether oxygens (including phenoxy) is 1. The summed E-state index contributed by atoms with van der Waals surface area (Å²) in [5.74, 6) is 0.334. The van der Waals surface area contributed by atoms with Gasteiger partial charge in [-0.05, 0) is 25.0 Å². The highest BCUT2D eigenvalue weighted by Gasteiger charge is 2.27. The lowest BCUT2D eigenvalue weighted by atomic mass is 10.1.